The van der Waals surface area contributed by atoms with Crippen LogP contribution in [0.25, 0.3) is 0 Å². The van der Waals surface area contributed by atoms with Crippen LogP contribution in [0.4, 0.5) is 0 Å². The van der Waals surface area contributed by atoms with Crippen molar-refractivity contribution in [2.75, 3.05) is 0 Å². The summed E-state index contributed by atoms with van der Waals surface area (Å²) in [5, 5.41) is 3.22. The molecule has 0 bridgehead atoms. The van der Waals surface area contributed by atoms with Crippen LogP contribution in [0, 0.1) is 0 Å². The molecule has 2 rings (SSSR count). The standard InChI is InChI=1S/C10H17NO/c12-9-5-1-2-6-10(11-9)7-3-4-8-10/h1-8H2,(H,11,12). The first-order chi connectivity index (χ1) is 5.81. The molecule has 1 aliphatic heterocycles. The van der Waals surface area contributed by atoms with Gasteiger partial charge in [0.2, 0.25) is 5.91 Å². The topological polar surface area (TPSA) is 29.1 Å². The van der Waals surface area contributed by atoms with Gasteiger partial charge in [-0.15, -0.1) is 0 Å². The van der Waals surface area contributed by atoms with Crippen LogP contribution in [0.3, 0.4) is 0 Å². The van der Waals surface area contributed by atoms with Crippen molar-refractivity contribution in [2.45, 2.75) is 56.9 Å². The van der Waals surface area contributed by atoms with Gasteiger partial charge in [-0.05, 0) is 25.7 Å². The Bertz CT molecular complexity index is 182. The van der Waals surface area contributed by atoms with Crippen molar-refractivity contribution in [2.24, 2.45) is 0 Å². The normalized spacial score (nSPS) is 28.5. The fraction of sp³-hybridized carbons (Fsp3) is 0.900. The van der Waals surface area contributed by atoms with E-state index in [0.29, 0.717) is 0 Å². The van der Waals surface area contributed by atoms with Crippen LogP contribution in [0.1, 0.15) is 51.4 Å². The quantitative estimate of drug-likeness (QED) is 0.587. The Labute approximate surface area is 73.7 Å². The molecule has 2 nitrogen and oxygen atoms in total. The smallest absolute Gasteiger partial charge is 0.220 e. The minimum atomic E-state index is 0.230. The molecule has 68 valence electrons. The van der Waals surface area contributed by atoms with Crippen LogP contribution in [-0.2, 0) is 4.79 Å². The summed E-state index contributed by atoms with van der Waals surface area (Å²) in [5.41, 5.74) is 0.230. The van der Waals surface area contributed by atoms with Crippen molar-refractivity contribution < 1.29 is 4.79 Å². The molecule has 1 spiro atoms. The van der Waals surface area contributed by atoms with Crippen LogP contribution in [0.2, 0.25) is 0 Å². The van der Waals surface area contributed by atoms with E-state index < -0.39 is 0 Å². The van der Waals surface area contributed by atoms with Gasteiger partial charge in [-0.2, -0.15) is 0 Å². The van der Waals surface area contributed by atoms with Gasteiger partial charge >= 0.3 is 0 Å². The highest BCUT2D eigenvalue weighted by Crippen LogP contribution is 2.35. The van der Waals surface area contributed by atoms with Gasteiger partial charge < -0.3 is 5.32 Å². The Morgan fingerprint density at radius 2 is 1.58 bits per heavy atom. The predicted octanol–water partition coefficient (Wildman–Crippen LogP) is 1.99. The zero-order valence-corrected chi connectivity index (χ0v) is 7.57. The number of hydrogen-bond donors (Lipinski definition) is 1. The number of carbonyl (C=O) groups is 1. The van der Waals surface area contributed by atoms with E-state index in [-0.39, 0.29) is 11.4 Å². The number of carbonyl (C=O) groups excluding carboxylic acids is 1. The lowest BCUT2D eigenvalue weighted by atomic mass is 9.92. The van der Waals surface area contributed by atoms with Crippen molar-refractivity contribution in [1.29, 1.82) is 0 Å². The molecule has 1 aliphatic carbocycles. The molecule has 0 radical (unpaired) electrons. The summed E-state index contributed by atoms with van der Waals surface area (Å²) >= 11 is 0. The molecule has 1 saturated heterocycles. The number of amides is 1. The van der Waals surface area contributed by atoms with Gasteiger partial charge in [0.15, 0.2) is 0 Å². The fourth-order valence-electron chi connectivity index (χ4n) is 2.60. The van der Waals surface area contributed by atoms with Crippen LogP contribution in [0.15, 0.2) is 0 Å². The molecule has 1 heterocycles. The van der Waals surface area contributed by atoms with Crippen molar-refractivity contribution in [3.63, 3.8) is 0 Å². The minimum Gasteiger partial charge on any atom is -0.351 e. The van der Waals surface area contributed by atoms with Gasteiger partial charge in [-0.3, -0.25) is 4.79 Å². The summed E-state index contributed by atoms with van der Waals surface area (Å²) < 4.78 is 0. The Balaban J connectivity index is 2.07. The van der Waals surface area contributed by atoms with E-state index in [2.05, 4.69) is 5.32 Å². The first kappa shape index (κ1) is 8.09. The molecular weight excluding hydrogens is 150 g/mol. The van der Waals surface area contributed by atoms with E-state index in [9.17, 15) is 4.79 Å². The molecule has 1 saturated carbocycles. The minimum absolute atomic E-state index is 0.230. The Hall–Kier alpha value is -0.530. The number of nitrogens with one attached hydrogen (secondary N) is 1. The highest BCUT2D eigenvalue weighted by Gasteiger charge is 2.35. The van der Waals surface area contributed by atoms with E-state index >= 15 is 0 Å². The zero-order valence-electron chi connectivity index (χ0n) is 7.57. The lowest BCUT2D eigenvalue weighted by Crippen LogP contribution is -2.44. The van der Waals surface area contributed by atoms with Crippen LogP contribution in [-0.4, -0.2) is 11.4 Å². The third kappa shape index (κ3) is 1.47. The van der Waals surface area contributed by atoms with Gasteiger partial charge in [0, 0.05) is 12.0 Å². The molecule has 0 aromatic heterocycles. The van der Waals surface area contributed by atoms with Gasteiger partial charge in [-0.1, -0.05) is 19.3 Å². The molecule has 0 unspecified atom stereocenters. The van der Waals surface area contributed by atoms with Crippen LogP contribution < -0.4 is 5.32 Å². The second-order valence-electron chi connectivity index (χ2n) is 4.24. The number of hydrogen-bond acceptors (Lipinski definition) is 1. The maximum Gasteiger partial charge on any atom is 0.220 e. The summed E-state index contributed by atoms with van der Waals surface area (Å²) in [6.07, 6.45) is 9.35. The van der Waals surface area contributed by atoms with E-state index in [0.717, 1.165) is 12.8 Å². The summed E-state index contributed by atoms with van der Waals surface area (Å²) in [7, 11) is 0. The molecule has 2 fully saturated rings. The summed E-state index contributed by atoms with van der Waals surface area (Å²) in [6, 6.07) is 0. The fourth-order valence-corrected chi connectivity index (χ4v) is 2.60. The van der Waals surface area contributed by atoms with Crippen LogP contribution >= 0.6 is 0 Å². The van der Waals surface area contributed by atoms with E-state index in [1.807, 2.05) is 0 Å². The highest BCUT2D eigenvalue weighted by atomic mass is 16.1. The summed E-state index contributed by atoms with van der Waals surface area (Å²) in [5.74, 6) is 0.286. The van der Waals surface area contributed by atoms with E-state index in [1.54, 1.807) is 0 Å². The zero-order chi connectivity index (χ0) is 8.44. The van der Waals surface area contributed by atoms with Crippen molar-refractivity contribution in [1.82, 2.24) is 5.32 Å². The van der Waals surface area contributed by atoms with Gasteiger partial charge in [0.1, 0.15) is 0 Å². The molecular formula is C10H17NO. The van der Waals surface area contributed by atoms with Crippen LogP contribution in [0.5, 0.6) is 0 Å². The lowest BCUT2D eigenvalue weighted by Gasteiger charge is -2.28. The summed E-state index contributed by atoms with van der Waals surface area (Å²) in [6.45, 7) is 0. The summed E-state index contributed by atoms with van der Waals surface area (Å²) in [4.78, 5) is 11.3. The number of rotatable bonds is 0. The first-order valence-corrected chi connectivity index (χ1v) is 5.12. The van der Waals surface area contributed by atoms with Gasteiger partial charge in [-0.25, -0.2) is 0 Å². The SMILES string of the molecule is O=C1CCCCC2(CCCC2)N1. The average Bonchev–Trinajstić information content (AvgIpc) is 2.39. The third-order valence-electron chi connectivity index (χ3n) is 3.27. The maximum absolute atomic E-state index is 11.3. The Morgan fingerprint density at radius 1 is 1.00 bits per heavy atom. The third-order valence-corrected chi connectivity index (χ3v) is 3.27. The molecule has 2 heteroatoms. The Morgan fingerprint density at radius 3 is 2.25 bits per heavy atom. The highest BCUT2D eigenvalue weighted by molar-refractivity contribution is 5.77. The molecule has 12 heavy (non-hydrogen) atoms. The van der Waals surface area contributed by atoms with E-state index in [4.69, 9.17) is 0 Å². The largest absolute Gasteiger partial charge is 0.351 e. The predicted molar refractivity (Wildman–Crippen MR) is 47.8 cm³/mol. The Kier molecular flexibility index (Phi) is 2.07. The van der Waals surface area contributed by atoms with Gasteiger partial charge in [0.05, 0.1) is 0 Å². The second kappa shape index (κ2) is 3.08. The molecule has 1 N–H and O–H groups in total. The molecule has 0 atom stereocenters. The van der Waals surface area contributed by atoms with Gasteiger partial charge in [0.25, 0.3) is 0 Å². The molecule has 1 amide bonds. The van der Waals surface area contributed by atoms with Crippen molar-refractivity contribution in [3.8, 4) is 0 Å². The average molecular weight is 167 g/mol. The molecule has 0 aromatic rings. The van der Waals surface area contributed by atoms with Crippen molar-refractivity contribution >= 4 is 5.91 Å². The molecule has 0 aromatic carbocycles. The lowest BCUT2D eigenvalue weighted by molar-refractivity contribution is -0.122. The molecule has 2 aliphatic rings. The maximum atomic E-state index is 11.3. The second-order valence-corrected chi connectivity index (χ2v) is 4.24. The first-order valence-electron chi connectivity index (χ1n) is 5.12. The van der Waals surface area contributed by atoms with Crippen molar-refractivity contribution in [3.05, 3.63) is 0 Å². The van der Waals surface area contributed by atoms with E-state index in [1.165, 1.54) is 38.5 Å². The monoisotopic (exact) mass is 167 g/mol.